The van der Waals surface area contributed by atoms with Crippen LogP contribution in [0.15, 0.2) is 126 Å². The summed E-state index contributed by atoms with van der Waals surface area (Å²) >= 11 is 0. The average molecular weight is 781 g/mol. The second-order valence-electron chi connectivity index (χ2n) is 15.1. The van der Waals surface area contributed by atoms with E-state index in [1.165, 1.54) is 12.1 Å². The Kier molecular flexibility index (Phi) is 11.7. The lowest BCUT2D eigenvalue weighted by Crippen LogP contribution is -2.52. The highest BCUT2D eigenvalue weighted by Gasteiger charge is 2.37. The topological polar surface area (TPSA) is 145 Å². The Balaban J connectivity index is 0.899. The second kappa shape index (κ2) is 17.6. The highest BCUT2D eigenvalue weighted by atomic mass is 16.6. The summed E-state index contributed by atoms with van der Waals surface area (Å²) in [7, 11) is 1.65. The predicted octanol–water partition coefficient (Wildman–Crippen LogP) is 7.22. The Morgan fingerprint density at radius 3 is 2.41 bits per heavy atom. The van der Waals surface area contributed by atoms with Gasteiger partial charge in [-0.25, -0.2) is 4.79 Å². The van der Waals surface area contributed by atoms with Crippen LogP contribution in [0.1, 0.15) is 52.8 Å². The number of benzene rings is 5. The molecule has 4 heterocycles. The van der Waals surface area contributed by atoms with E-state index in [4.69, 9.17) is 14.2 Å². The number of fused-ring (bicyclic) bond motifs is 4. The summed E-state index contributed by atoms with van der Waals surface area (Å²) < 4.78 is 18.0. The normalized spacial score (nSPS) is 18.3. The SMILES string of the molecule is COc1ccc(CNC[C@H](O)c2ccc(O)c3[nH]c(=O)ccc23)cc1-c1ccc(COc2cccc([C@@H](NC(=O)O[C@H]3CN4CCC3CC4)c3ccccc3)c2)cc1. The van der Waals surface area contributed by atoms with Crippen LogP contribution in [-0.4, -0.2) is 65.6 Å². The van der Waals surface area contributed by atoms with E-state index in [1.807, 2.05) is 91.0 Å². The van der Waals surface area contributed by atoms with Gasteiger partial charge in [-0.2, -0.15) is 0 Å². The van der Waals surface area contributed by atoms with Crippen molar-refractivity contribution in [2.24, 2.45) is 5.92 Å². The number of rotatable bonds is 14. The second-order valence-corrected chi connectivity index (χ2v) is 15.1. The maximum Gasteiger partial charge on any atom is 0.408 e. The van der Waals surface area contributed by atoms with Crippen molar-refractivity contribution in [2.75, 3.05) is 33.3 Å². The number of aromatic hydroxyl groups is 1. The van der Waals surface area contributed by atoms with Crippen LogP contribution < -0.4 is 25.7 Å². The van der Waals surface area contributed by atoms with Gasteiger partial charge < -0.3 is 40.0 Å². The van der Waals surface area contributed by atoms with E-state index in [0.29, 0.717) is 41.3 Å². The Morgan fingerprint density at radius 1 is 0.879 bits per heavy atom. The van der Waals surface area contributed by atoms with Crippen molar-refractivity contribution in [3.8, 4) is 28.4 Å². The van der Waals surface area contributed by atoms with Crippen molar-refractivity contribution in [3.05, 3.63) is 159 Å². The van der Waals surface area contributed by atoms with E-state index >= 15 is 0 Å². The summed E-state index contributed by atoms with van der Waals surface area (Å²) in [6, 6.07) is 37.6. The third-order valence-corrected chi connectivity index (χ3v) is 11.3. The van der Waals surface area contributed by atoms with Gasteiger partial charge in [0.2, 0.25) is 5.56 Å². The molecule has 9 rings (SSSR count). The van der Waals surface area contributed by atoms with Crippen molar-refractivity contribution in [3.63, 3.8) is 0 Å². The minimum absolute atomic E-state index is 0.0470. The first kappa shape index (κ1) is 38.7. The molecule has 3 fully saturated rings. The number of phenolic OH excluding ortho intramolecular Hbond substituents is 1. The summed E-state index contributed by atoms with van der Waals surface area (Å²) in [6.07, 6.45) is 0.793. The van der Waals surface area contributed by atoms with Gasteiger partial charge in [0.05, 0.1) is 24.8 Å². The summed E-state index contributed by atoms with van der Waals surface area (Å²) in [6.45, 7) is 4.07. The number of nitrogens with one attached hydrogen (secondary N) is 3. The third kappa shape index (κ3) is 8.87. The molecule has 3 aliphatic heterocycles. The molecular formula is C47H48N4O7. The van der Waals surface area contributed by atoms with Gasteiger partial charge in [-0.15, -0.1) is 0 Å². The smallest absolute Gasteiger partial charge is 0.408 e. The molecular weight excluding hydrogens is 733 g/mol. The highest BCUT2D eigenvalue weighted by molar-refractivity contribution is 5.87. The zero-order valence-corrected chi connectivity index (χ0v) is 32.4. The van der Waals surface area contributed by atoms with Gasteiger partial charge in [0.1, 0.15) is 30.0 Å². The summed E-state index contributed by atoms with van der Waals surface area (Å²) in [5.74, 6) is 1.81. The number of hydrogen-bond donors (Lipinski definition) is 5. The van der Waals surface area contributed by atoms with Crippen LogP contribution in [0.5, 0.6) is 17.2 Å². The summed E-state index contributed by atoms with van der Waals surface area (Å²) in [4.78, 5) is 30.1. The quantitative estimate of drug-likeness (QED) is 0.0774. The van der Waals surface area contributed by atoms with E-state index in [2.05, 4.69) is 26.6 Å². The number of carbonyl (C=O) groups excluding carboxylic acids is 1. The average Bonchev–Trinajstić information content (AvgIpc) is 3.26. The minimum atomic E-state index is -0.866. The van der Waals surface area contributed by atoms with Crippen LogP contribution in [0.3, 0.4) is 0 Å². The number of H-pyrrole nitrogens is 1. The van der Waals surface area contributed by atoms with Gasteiger partial charge in [0.15, 0.2) is 0 Å². The first-order chi connectivity index (χ1) is 28.3. The largest absolute Gasteiger partial charge is 0.506 e. The van der Waals surface area contributed by atoms with Crippen LogP contribution in [0, 0.1) is 5.92 Å². The number of methoxy groups -OCH3 is 1. The van der Waals surface area contributed by atoms with Gasteiger partial charge >= 0.3 is 6.09 Å². The Labute approximate surface area is 337 Å². The molecule has 3 aliphatic rings. The van der Waals surface area contributed by atoms with E-state index in [1.54, 1.807) is 19.2 Å². The molecule has 6 aromatic rings. The minimum Gasteiger partial charge on any atom is -0.506 e. The van der Waals surface area contributed by atoms with Crippen molar-refractivity contribution >= 4 is 17.0 Å². The standard InChI is InChI=1S/C47H48N4O7/c1-56-42-18-12-31(26-48-27-41(53)37-15-17-40(52)46-38(37)16-19-44(54)49-46)24-39(42)32-13-10-30(11-14-32)29-57-36-9-5-8-35(25-36)45(34-6-3-2-4-7-34)50-47(55)58-43-28-51-22-20-33(43)21-23-51/h2-19,24-25,33,41,43,45,48,52-53H,20-23,26-29H2,1H3,(H,49,54)(H,50,55)/t41-,43-,45-/m0/s1. The molecule has 1 amide bonds. The Bertz CT molecular complexity index is 2410. The lowest BCUT2D eigenvalue weighted by atomic mass is 9.86. The molecule has 298 valence electrons. The first-order valence-corrected chi connectivity index (χ1v) is 19.8. The molecule has 3 saturated heterocycles. The number of aromatic nitrogens is 1. The maximum absolute atomic E-state index is 13.3. The molecule has 5 N–H and O–H groups in total. The number of phenols is 1. The molecule has 2 bridgehead atoms. The number of carbonyl (C=O) groups is 1. The van der Waals surface area contributed by atoms with Gasteiger partial charge in [-0.1, -0.05) is 78.9 Å². The Morgan fingerprint density at radius 2 is 1.66 bits per heavy atom. The van der Waals surface area contributed by atoms with Crippen LogP contribution in [-0.2, 0) is 17.9 Å². The molecule has 0 saturated carbocycles. The zero-order chi connectivity index (χ0) is 40.0. The van der Waals surface area contributed by atoms with Gasteiger partial charge in [0.25, 0.3) is 0 Å². The Hall–Kier alpha value is -6.14. The number of ether oxygens (including phenoxy) is 3. The van der Waals surface area contributed by atoms with Crippen molar-refractivity contribution < 1.29 is 29.2 Å². The van der Waals surface area contributed by atoms with Gasteiger partial charge in [-0.05, 0) is 102 Å². The molecule has 0 spiro atoms. The van der Waals surface area contributed by atoms with E-state index in [-0.39, 0.29) is 24.0 Å². The third-order valence-electron chi connectivity index (χ3n) is 11.3. The fourth-order valence-corrected chi connectivity index (χ4v) is 8.17. The monoisotopic (exact) mass is 780 g/mol. The summed E-state index contributed by atoms with van der Waals surface area (Å²) in [5.41, 5.74) is 6.34. The zero-order valence-electron chi connectivity index (χ0n) is 32.4. The lowest BCUT2D eigenvalue weighted by molar-refractivity contribution is -0.0336. The number of aliphatic hydroxyl groups is 1. The van der Waals surface area contributed by atoms with Crippen LogP contribution in [0.25, 0.3) is 22.0 Å². The molecule has 58 heavy (non-hydrogen) atoms. The predicted molar refractivity (Wildman–Crippen MR) is 223 cm³/mol. The summed E-state index contributed by atoms with van der Waals surface area (Å²) in [5, 5.41) is 28.3. The number of hydrogen-bond acceptors (Lipinski definition) is 9. The molecule has 0 aliphatic carbocycles. The van der Waals surface area contributed by atoms with E-state index < -0.39 is 18.2 Å². The van der Waals surface area contributed by atoms with Crippen molar-refractivity contribution in [1.82, 2.24) is 20.5 Å². The van der Waals surface area contributed by atoms with Crippen molar-refractivity contribution in [1.29, 1.82) is 0 Å². The van der Waals surface area contributed by atoms with Crippen LogP contribution in [0.4, 0.5) is 4.79 Å². The van der Waals surface area contributed by atoms with Gasteiger partial charge in [0, 0.05) is 36.7 Å². The highest BCUT2D eigenvalue weighted by Crippen LogP contribution is 2.34. The number of amides is 1. The van der Waals surface area contributed by atoms with Gasteiger partial charge in [-0.3, -0.25) is 9.69 Å². The molecule has 3 atom stereocenters. The number of aliphatic hydroxyl groups excluding tert-OH is 1. The molecule has 0 radical (unpaired) electrons. The molecule has 11 heteroatoms. The molecule has 1 aromatic heterocycles. The van der Waals surface area contributed by atoms with E-state index in [0.717, 1.165) is 71.6 Å². The number of piperidine rings is 3. The number of aromatic amines is 1. The lowest BCUT2D eigenvalue weighted by Gasteiger charge is -2.43. The maximum atomic E-state index is 13.3. The van der Waals surface area contributed by atoms with Crippen LogP contribution >= 0.6 is 0 Å². The van der Waals surface area contributed by atoms with Crippen LogP contribution in [0.2, 0.25) is 0 Å². The molecule has 5 aromatic carbocycles. The first-order valence-electron chi connectivity index (χ1n) is 19.8. The molecule has 11 nitrogen and oxygen atoms in total. The number of pyridine rings is 1. The van der Waals surface area contributed by atoms with E-state index in [9.17, 15) is 19.8 Å². The number of alkyl carbamates (subject to hydrolysis) is 1. The number of nitrogens with zero attached hydrogens (tertiary/aromatic N) is 1. The fraction of sp³-hybridized carbons (Fsp3) is 0.277. The van der Waals surface area contributed by atoms with Crippen molar-refractivity contribution in [2.45, 2.75) is 44.2 Å². The fourth-order valence-electron chi connectivity index (χ4n) is 8.17. The molecule has 0 unspecified atom stereocenters.